The minimum atomic E-state index is 0.552. The molecule has 3 heteroatoms. The minimum Gasteiger partial charge on any atom is -0.378 e. The molecule has 124 valence electrons. The zero-order valence-corrected chi connectivity index (χ0v) is 14.6. The fourth-order valence-corrected chi connectivity index (χ4v) is 3.78. The molecule has 21 heavy (non-hydrogen) atoms. The number of piperazine rings is 1. The number of nitrogens with zero attached hydrogens (tertiary/aromatic N) is 1. The smallest absolute Gasteiger partial charge is 0.0576 e. The molecule has 2 fully saturated rings. The van der Waals surface area contributed by atoms with Crippen LogP contribution in [0.3, 0.4) is 0 Å². The molecule has 2 aliphatic rings. The summed E-state index contributed by atoms with van der Waals surface area (Å²) >= 11 is 0. The molecule has 0 radical (unpaired) electrons. The van der Waals surface area contributed by atoms with Crippen LogP contribution in [0.15, 0.2) is 0 Å². The largest absolute Gasteiger partial charge is 0.378 e. The van der Waals surface area contributed by atoms with Crippen molar-refractivity contribution in [3.63, 3.8) is 0 Å². The quantitative estimate of drug-likeness (QED) is 0.780. The first kappa shape index (κ1) is 17.2. The Morgan fingerprint density at radius 2 is 2.10 bits per heavy atom. The van der Waals surface area contributed by atoms with E-state index in [1.807, 2.05) is 0 Å². The Morgan fingerprint density at radius 1 is 1.29 bits per heavy atom. The lowest BCUT2D eigenvalue weighted by Crippen LogP contribution is -2.60. The van der Waals surface area contributed by atoms with Crippen molar-refractivity contribution >= 4 is 0 Å². The summed E-state index contributed by atoms with van der Waals surface area (Å²) in [6, 6.07) is 1.38. The Kier molecular flexibility index (Phi) is 6.97. The molecular weight excluding hydrogens is 260 g/mol. The molecule has 0 aliphatic carbocycles. The van der Waals surface area contributed by atoms with E-state index in [0.717, 1.165) is 31.0 Å². The highest BCUT2D eigenvalue weighted by Gasteiger charge is 2.31. The van der Waals surface area contributed by atoms with Crippen molar-refractivity contribution in [3.05, 3.63) is 0 Å². The highest BCUT2D eigenvalue weighted by atomic mass is 16.5. The maximum absolute atomic E-state index is 5.77. The van der Waals surface area contributed by atoms with Crippen molar-refractivity contribution in [1.29, 1.82) is 0 Å². The van der Waals surface area contributed by atoms with E-state index < -0.39 is 0 Å². The number of hydrogen-bond acceptors (Lipinski definition) is 3. The van der Waals surface area contributed by atoms with Crippen molar-refractivity contribution < 1.29 is 4.74 Å². The normalized spacial score (nSPS) is 32.7. The Hall–Kier alpha value is -0.120. The zero-order chi connectivity index (χ0) is 15.2. The van der Waals surface area contributed by atoms with Crippen molar-refractivity contribution in [3.8, 4) is 0 Å². The molecule has 2 aliphatic heterocycles. The van der Waals surface area contributed by atoms with E-state index in [1.165, 1.54) is 45.2 Å². The van der Waals surface area contributed by atoms with Crippen LogP contribution in [0, 0.1) is 11.8 Å². The van der Waals surface area contributed by atoms with Gasteiger partial charge in [-0.25, -0.2) is 0 Å². The SMILES string of the molecule is CCC(C)C1CNC(C(C)C)CN1CCCC1CCCO1. The van der Waals surface area contributed by atoms with Crippen molar-refractivity contribution in [2.45, 2.75) is 78.0 Å². The van der Waals surface area contributed by atoms with Gasteiger partial charge in [0.25, 0.3) is 0 Å². The van der Waals surface area contributed by atoms with Gasteiger partial charge in [-0.2, -0.15) is 0 Å². The van der Waals surface area contributed by atoms with Gasteiger partial charge in [-0.15, -0.1) is 0 Å². The molecule has 0 bridgehead atoms. The Balaban J connectivity index is 1.83. The van der Waals surface area contributed by atoms with Crippen molar-refractivity contribution in [2.75, 3.05) is 26.2 Å². The van der Waals surface area contributed by atoms with Gasteiger partial charge >= 0.3 is 0 Å². The third-order valence-corrected chi connectivity index (χ3v) is 5.59. The van der Waals surface area contributed by atoms with E-state index in [9.17, 15) is 0 Å². The second kappa shape index (κ2) is 8.50. The van der Waals surface area contributed by atoms with Crippen LogP contribution in [-0.2, 0) is 4.74 Å². The molecule has 2 heterocycles. The molecule has 3 nitrogen and oxygen atoms in total. The van der Waals surface area contributed by atoms with Crippen LogP contribution in [-0.4, -0.2) is 49.3 Å². The number of nitrogens with one attached hydrogen (secondary N) is 1. The van der Waals surface area contributed by atoms with Crippen LogP contribution in [0.5, 0.6) is 0 Å². The molecule has 0 aromatic carbocycles. The second-order valence-corrected chi connectivity index (χ2v) is 7.48. The maximum Gasteiger partial charge on any atom is 0.0576 e. The Morgan fingerprint density at radius 3 is 2.71 bits per heavy atom. The first-order valence-corrected chi connectivity index (χ1v) is 9.20. The van der Waals surface area contributed by atoms with Gasteiger partial charge in [0.1, 0.15) is 0 Å². The highest BCUT2D eigenvalue weighted by Crippen LogP contribution is 2.22. The zero-order valence-electron chi connectivity index (χ0n) is 14.6. The van der Waals surface area contributed by atoms with Gasteiger partial charge in [-0.1, -0.05) is 34.1 Å². The van der Waals surface area contributed by atoms with Gasteiger partial charge in [0, 0.05) is 31.8 Å². The number of ether oxygens (including phenoxy) is 1. The molecule has 4 unspecified atom stereocenters. The molecule has 2 saturated heterocycles. The van der Waals surface area contributed by atoms with Crippen molar-refractivity contribution in [1.82, 2.24) is 10.2 Å². The maximum atomic E-state index is 5.77. The van der Waals surface area contributed by atoms with Crippen LogP contribution in [0.1, 0.15) is 59.8 Å². The Labute approximate surface area is 131 Å². The monoisotopic (exact) mass is 296 g/mol. The summed E-state index contributed by atoms with van der Waals surface area (Å²) in [5.41, 5.74) is 0. The van der Waals surface area contributed by atoms with Crippen LogP contribution in [0.25, 0.3) is 0 Å². The Bertz CT molecular complexity index is 289. The summed E-state index contributed by atoms with van der Waals surface area (Å²) in [5.74, 6) is 1.51. The van der Waals surface area contributed by atoms with Crippen molar-refractivity contribution in [2.24, 2.45) is 11.8 Å². The summed E-state index contributed by atoms with van der Waals surface area (Å²) in [7, 11) is 0. The molecule has 0 aromatic rings. The number of rotatable bonds is 7. The summed E-state index contributed by atoms with van der Waals surface area (Å²) in [4.78, 5) is 2.77. The van der Waals surface area contributed by atoms with Crippen LogP contribution in [0.4, 0.5) is 0 Å². The summed E-state index contributed by atoms with van der Waals surface area (Å²) in [6.45, 7) is 14.0. The second-order valence-electron chi connectivity index (χ2n) is 7.48. The third kappa shape index (κ3) is 4.94. The fourth-order valence-electron chi connectivity index (χ4n) is 3.78. The minimum absolute atomic E-state index is 0.552. The summed E-state index contributed by atoms with van der Waals surface area (Å²) < 4.78 is 5.77. The summed E-state index contributed by atoms with van der Waals surface area (Å²) in [6.07, 6.45) is 6.93. The highest BCUT2D eigenvalue weighted by molar-refractivity contribution is 4.89. The molecule has 0 aromatic heterocycles. The lowest BCUT2D eigenvalue weighted by atomic mass is 9.91. The van der Waals surface area contributed by atoms with Crippen LogP contribution >= 0.6 is 0 Å². The molecule has 1 N–H and O–H groups in total. The van der Waals surface area contributed by atoms with E-state index in [4.69, 9.17) is 4.74 Å². The van der Waals surface area contributed by atoms with E-state index in [2.05, 4.69) is 37.9 Å². The standard InChI is InChI=1S/C18H36N2O/c1-5-15(4)18-12-19-17(14(2)3)13-20(18)10-6-8-16-9-7-11-21-16/h14-19H,5-13H2,1-4H3. The van der Waals surface area contributed by atoms with Gasteiger partial charge in [-0.05, 0) is 44.1 Å². The van der Waals surface area contributed by atoms with Gasteiger partial charge in [0.2, 0.25) is 0 Å². The van der Waals surface area contributed by atoms with Crippen LogP contribution < -0.4 is 5.32 Å². The topological polar surface area (TPSA) is 24.5 Å². The first-order valence-electron chi connectivity index (χ1n) is 9.20. The molecule has 0 spiro atoms. The van der Waals surface area contributed by atoms with Gasteiger partial charge in [-0.3, -0.25) is 4.90 Å². The van der Waals surface area contributed by atoms with E-state index in [0.29, 0.717) is 12.1 Å². The fraction of sp³-hybridized carbons (Fsp3) is 1.00. The van der Waals surface area contributed by atoms with Gasteiger partial charge in [0.05, 0.1) is 6.10 Å². The molecule has 4 atom stereocenters. The predicted octanol–water partition coefficient (Wildman–Crippen LogP) is 3.29. The molecule has 0 amide bonds. The molecule has 2 rings (SSSR count). The van der Waals surface area contributed by atoms with Gasteiger partial charge in [0.15, 0.2) is 0 Å². The molecule has 0 saturated carbocycles. The molecular formula is C18H36N2O. The first-order chi connectivity index (χ1) is 10.1. The van der Waals surface area contributed by atoms with Gasteiger partial charge < -0.3 is 10.1 Å². The summed E-state index contributed by atoms with van der Waals surface area (Å²) in [5, 5.41) is 3.78. The lowest BCUT2D eigenvalue weighted by Gasteiger charge is -2.44. The average Bonchev–Trinajstić information content (AvgIpc) is 2.99. The van der Waals surface area contributed by atoms with E-state index in [1.54, 1.807) is 0 Å². The third-order valence-electron chi connectivity index (χ3n) is 5.59. The number of hydrogen-bond donors (Lipinski definition) is 1. The van der Waals surface area contributed by atoms with Crippen LogP contribution in [0.2, 0.25) is 0 Å². The lowest BCUT2D eigenvalue weighted by molar-refractivity contribution is 0.0651. The van der Waals surface area contributed by atoms with E-state index >= 15 is 0 Å². The van der Waals surface area contributed by atoms with E-state index in [-0.39, 0.29) is 0 Å². The predicted molar refractivity (Wildman–Crippen MR) is 89.7 cm³/mol. The average molecular weight is 296 g/mol.